The van der Waals surface area contributed by atoms with E-state index in [1.165, 1.54) is 0 Å². The van der Waals surface area contributed by atoms with E-state index in [9.17, 15) is 9.90 Å². The number of carboxylic acids is 1. The third-order valence-corrected chi connectivity index (χ3v) is 4.71. The molecule has 0 unspecified atom stereocenters. The smallest absolute Gasteiger partial charge is 0.322 e. The predicted octanol–water partition coefficient (Wildman–Crippen LogP) is 1.14. The van der Waals surface area contributed by atoms with E-state index in [0.29, 0.717) is 49.1 Å². The van der Waals surface area contributed by atoms with Gasteiger partial charge in [-0.15, -0.1) is 0 Å². The van der Waals surface area contributed by atoms with Crippen LogP contribution in [0, 0.1) is 11.8 Å². The predicted molar refractivity (Wildman–Crippen MR) is 119 cm³/mol. The zero-order valence-corrected chi connectivity index (χ0v) is 18.3. The van der Waals surface area contributed by atoms with E-state index in [4.69, 9.17) is 20.1 Å². The van der Waals surface area contributed by atoms with E-state index in [-0.39, 0.29) is 6.54 Å². The Morgan fingerprint density at radius 3 is 2.82 bits per heavy atom. The van der Waals surface area contributed by atoms with Crippen LogP contribution in [0.5, 0.6) is 5.75 Å². The van der Waals surface area contributed by atoms with Gasteiger partial charge in [0.1, 0.15) is 29.4 Å². The zero-order valence-electron chi connectivity index (χ0n) is 18.3. The Hall–Kier alpha value is -3.65. The number of benzene rings is 1. The van der Waals surface area contributed by atoms with Crippen LogP contribution < -0.4 is 15.8 Å². The van der Waals surface area contributed by atoms with Gasteiger partial charge in [-0.25, -0.2) is 4.98 Å². The Bertz CT molecular complexity index is 1090. The molecule has 0 spiro atoms. The van der Waals surface area contributed by atoms with Crippen molar-refractivity contribution in [3.8, 4) is 17.6 Å². The van der Waals surface area contributed by atoms with Gasteiger partial charge in [0.2, 0.25) is 5.76 Å². The van der Waals surface area contributed by atoms with Crippen molar-refractivity contribution in [3.63, 3.8) is 0 Å². The highest BCUT2D eigenvalue weighted by molar-refractivity contribution is 5.73. The fourth-order valence-electron chi connectivity index (χ4n) is 3.02. The van der Waals surface area contributed by atoms with Crippen LogP contribution in [0.1, 0.15) is 42.3 Å². The molecule has 0 saturated carbocycles. The summed E-state index contributed by atoms with van der Waals surface area (Å²) < 4.78 is 12.7. The maximum atomic E-state index is 10.9. The molecule has 2 atom stereocenters. The van der Waals surface area contributed by atoms with Crippen LogP contribution >= 0.6 is 0 Å². The Balaban J connectivity index is 1.47. The number of imidazole rings is 1. The average Bonchev–Trinajstić information content (AvgIpc) is 3.45. The Kier molecular flexibility index (Phi) is 8.60. The molecule has 0 bridgehead atoms. The molecule has 5 N–H and O–H groups in total. The molecule has 3 aromatic rings. The summed E-state index contributed by atoms with van der Waals surface area (Å²) in [5, 5.41) is 25.6. The van der Waals surface area contributed by atoms with Gasteiger partial charge >= 0.3 is 5.97 Å². The Labute approximate surface area is 191 Å². The first-order valence-corrected chi connectivity index (χ1v) is 10.5. The summed E-state index contributed by atoms with van der Waals surface area (Å²) in [6, 6.07) is 8.33. The number of aliphatic hydroxyl groups excluding tert-OH is 1. The van der Waals surface area contributed by atoms with Crippen LogP contribution in [0.2, 0.25) is 0 Å². The second-order valence-electron chi connectivity index (χ2n) is 7.33. The van der Waals surface area contributed by atoms with Gasteiger partial charge in [0, 0.05) is 30.6 Å². The largest absolute Gasteiger partial charge is 0.494 e. The number of hydrogen-bond acceptors (Lipinski definition) is 8. The van der Waals surface area contributed by atoms with Crippen LogP contribution in [-0.2, 0) is 11.3 Å². The van der Waals surface area contributed by atoms with Gasteiger partial charge in [-0.1, -0.05) is 11.1 Å². The molecule has 2 aromatic heterocycles. The van der Waals surface area contributed by atoms with E-state index < -0.39 is 18.1 Å². The first-order chi connectivity index (χ1) is 16.0. The molecular weight excluding hydrogens is 426 g/mol. The summed E-state index contributed by atoms with van der Waals surface area (Å²) in [5.41, 5.74) is 6.86. The fraction of sp³-hybridized carbons (Fsp3) is 0.348. The number of carboxylic acid groups (broad SMARTS) is 1. The third-order valence-electron chi connectivity index (χ3n) is 4.71. The first-order valence-electron chi connectivity index (χ1n) is 10.5. The van der Waals surface area contributed by atoms with Crippen LogP contribution in [0.15, 0.2) is 47.2 Å². The van der Waals surface area contributed by atoms with Crippen molar-refractivity contribution in [2.75, 3.05) is 19.7 Å². The molecule has 0 aliphatic heterocycles. The number of rotatable bonds is 11. The Morgan fingerprint density at radius 2 is 2.12 bits per heavy atom. The summed E-state index contributed by atoms with van der Waals surface area (Å²) in [6.45, 7) is 3.08. The Morgan fingerprint density at radius 1 is 1.33 bits per heavy atom. The monoisotopic (exact) mass is 453 g/mol. The van der Waals surface area contributed by atoms with Crippen molar-refractivity contribution in [1.29, 1.82) is 0 Å². The number of hydrogen-bond donors (Lipinski definition) is 4. The lowest BCUT2D eigenvalue weighted by Crippen LogP contribution is -2.43. The molecule has 0 aliphatic carbocycles. The van der Waals surface area contributed by atoms with Crippen molar-refractivity contribution in [2.24, 2.45) is 5.73 Å². The molecule has 3 rings (SSSR count). The standard InChI is InChI=1S/C23H27N5O5/c1-16(29)22-26-10-11-28(22)15-18-13-20(33-27-18)8-5-17-3-6-19(7-4-17)32-12-2-9-25-21(14-24)23(30)31/h3-4,6-7,10-11,13,16,21,25,29H,2,9,12,14-15,24H2,1H3,(H,30,31)/t16-,21-/m0/s1. The quantitative estimate of drug-likeness (QED) is 0.248. The van der Waals surface area contributed by atoms with Gasteiger partial charge in [0.05, 0.1) is 13.2 Å². The number of carbonyl (C=O) groups is 1. The van der Waals surface area contributed by atoms with Crippen LogP contribution in [0.25, 0.3) is 0 Å². The van der Waals surface area contributed by atoms with Gasteiger partial charge in [-0.05, 0) is 50.1 Å². The molecule has 0 radical (unpaired) electrons. The van der Waals surface area contributed by atoms with Crippen molar-refractivity contribution in [3.05, 3.63) is 65.6 Å². The average molecular weight is 453 g/mol. The summed E-state index contributed by atoms with van der Waals surface area (Å²) in [7, 11) is 0. The molecular formula is C23H27N5O5. The van der Waals surface area contributed by atoms with Crippen molar-refractivity contribution >= 4 is 5.97 Å². The van der Waals surface area contributed by atoms with Gasteiger partial charge in [-0.3, -0.25) is 4.79 Å². The van der Waals surface area contributed by atoms with Crippen LogP contribution in [0.4, 0.5) is 0 Å². The van der Waals surface area contributed by atoms with Crippen molar-refractivity contribution in [2.45, 2.75) is 32.0 Å². The molecule has 0 saturated heterocycles. The lowest BCUT2D eigenvalue weighted by molar-refractivity contribution is -0.139. The number of nitrogens with zero attached hydrogens (tertiary/aromatic N) is 3. The summed E-state index contributed by atoms with van der Waals surface area (Å²) >= 11 is 0. The minimum Gasteiger partial charge on any atom is -0.494 e. The topological polar surface area (TPSA) is 149 Å². The second-order valence-corrected chi connectivity index (χ2v) is 7.33. The minimum atomic E-state index is -0.958. The number of aliphatic carboxylic acids is 1. The number of aliphatic hydroxyl groups is 1. The highest BCUT2D eigenvalue weighted by atomic mass is 16.5. The normalized spacial score (nSPS) is 12.6. The van der Waals surface area contributed by atoms with Gasteiger partial charge in [0.15, 0.2) is 0 Å². The third kappa shape index (κ3) is 7.18. The highest BCUT2D eigenvalue weighted by Crippen LogP contribution is 2.14. The number of ether oxygens (including phenoxy) is 1. The lowest BCUT2D eigenvalue weighted by Gasteiger charge is -2.12. The van der Waals surface area contributed by atoms with E-state index in [1.807, 2.05) is 24.3 Å². The number of nitrogens with two attached hydrogens (primary N) is 1. The van der Waals surface area contributed by atoms with Crippen LogP contribution in [0.3, 0.4) is 0 Å². The molecule has 10 nitrogen and oxygen atoms in total. The fourth-order valence-corrected chi connectivity index (χ4v) is 3.02. The highest BCUT2D eigenvalue weighted by Gasteiger charge is 2.13. The summed E-state index contributed by atoms with van der Waals surface area (Å²) in [6.07, 6.45) is 3.38. The molecule has 0 fully saturated rings. The molecule has 33 heavy (non-hydrogen) atoms. The van der Waals surface area contributed by atoms with Crippen molar-refractivity contribution < 1.29 is 24.3 Å². The molecule has 2 heterocycles. The zero-order chi connectivity index (χ0) is 23.6. The minimum absolute atomic E-state index is 0.0442. The SMILES string of the molecule is C[C@H](O)c1nccn1Cc1cc(C#Cc2ccc(OCCCN[C@@H](CN)C(=O)O)cc2)on1. The summed E-state index contributed by atoms with van der Waals surface area (Å²) in [5.74, 6) is 6.70. The van der Waals surface area contributed by atoms with E-state index in [1.54, 1.807) is 30.0 Å². The maximum absolute atomic E-state index is 10.9. The molecule has 174 valence electrons. The molecule has 10 heteroatoms. The summed E-state index contributed by atoms with van der Waals surface area (Å²) in [4.78, 5) is 15.0. The lowest BCUT2D eigenvalue weighted by atomic mass is 10.2. The van der Waals surface area contributed by atoms with E-state index in [2.05, 4.69) is 27.3 Å². The van der Waals surface area contributed by atoms with Crippen molar-refractivity contribution in [1.82, 2.24) is 20.0 Å². The molecule has 1 aromatic carbocycles. The number of aromatic nitrogens is 3. The van der Waals surface area contributed by atoms with Crippen LogP contribution in [-0.4, -0.2) is 56.6 Å². The first kappa shape index (κ1) is 24.0. The number of nitrogens with one attached hydrogen (secondary N) is 1. The van der Waals surface area contributed by atoms with Gasteiger partial charge in [0.25, 0.3) is 0 Å². The molecule has 0 aliphatic rings. The molecule has 0 amide bonds. The van der Waals surface area contributed by atoms with Gasteiger partial charge < -0.3 is 35.1 Å². The van der Waals surface area contributed by atoms with E-state index in [0.717, 1.165) is 5.56 Å². The maximum Gasteiger partial charge on any atom is 0.322 e. The van der Waals surface area contributed by atoms with E-state index >= 15 is 0 Å². The second kappa shape index (κ2) is 11.8. The van der Waals surface area contributed by atoms with Gasteiger partial charge in [-0.2, -0.15) is 0 Å².